The van der Waals surface area contributed by atoms with Gasteiger partial charge < -0.3 is 5.32 Å². The van der Waals surface area contributed by atoms with Crippen LogP contribution in [-0.4, -0.2) is 30.0 Å². The van der Waals surface area contributed by atoms with Gasteiger partial charge in [-0.05, 0) is 13.8 Å². The van der Waals surface area contributed by atoms with Crippen LogP contribution in [0.15, 0.2) is 0 Å². The molecule has 13 heavy (non-hydrogen) atoms. The van der Waals surface area contributed by atoms with E-state index in [-0.39, 0.29) is 12.2 Å². The van der Waals surface area contributed by atoms with E-state index in [0.717, 1.165) is 6.92 Å². The van der Waals surface area contributed by atoms with E-state index in [1.165, 1.54) is 6.92 Å². The number of Topliss-reactive ketones (excluding diaryl/α,β-unsaturated/α-hetero) is 1. The Balaban J connectivity index is 4.16. The Kier molecular flexibility index (Phi) is 4.02. The van der Waals surface area contributed by atoms with Gasteiger partial charge in [0.25, 0.3) is 10.1 Å². The summed E-state index contributed by atoms with van der Waals surface area (Å²) in [4.78, 5) is 21.2. The van der Waals surface area contributed by atoms with Gasteiger partial charge in [-0.1, -0.05) is 0 Å². The van der Waals surface area contributed by atoms with Crippen molar-refractivity contribution < 1.29 is 22.6 Å². The minimum absolute atomic E-state index is 0.375. The largest absolute Gasteiger partial charge is 0.337 e. The van der Waals surface area contributed by atoms with E-state index in [9.17, 15) is 18.0 Å². The summed E-state index contributed by atoms with van der Waals surface area (Å²) in [6, 6.07) is 0. The summed E-state index contributed by atoms with van der Waals surface area (Å²) in [5, 5.41) is 0.564. The molecule has 0 aliphatic heterocycles. The molecule has 0 saturated heterocycles. The van der Waals surface area contributed by atoms with Crippen molar-refractivity contribution in [2.24, 2.45) is 0 Å². The Morgan fingerprint density at radius 1 is 1.46 bits per heavy atom. The SMILES string of the molecule is CC(=O)CC(=O)NC(C)S(=O)(=O)O. The molecule has 0 aromatic heterocycles. The van der Waals surface area contributed by atoms with Crippen molar-refractivity contribution >= 4 is 21.8 Å². The minimum Gasteiger partial charge on any atom is -0.337 e. The molecule has 0 rings (SSSR count). The smallest absolute Gasteiger partial charge is 0.285 e. The van der Waals surface area contributed by atoms with Crippen LogP contribution < -0.4 is 5.32 Å². The van der Waals surface area contributed by atoms with E-state index in [4.69, 9.17) is 4.55 Å². The molecule has 0 aliphatic carbocycles. The zero-order valence-electron chi connectivity index (χ0n) is 7.27. The summed E-state index contributed by atoms with van der Waals surface area (Å²) in [6.45, 7) is 2.31. The van der Waals surface area contributed by atoms with E-state index >= 15 is 0 Å². The molecule has 0 spiro atoms. The van der Waals surface area contributed by atoms with Crippen LogP contribution in [0.5, 0.6) is 0 Å². The van der Waals surface area contributed by atoms with Crippen LogP contribution in [0.25, 0.3) is 0 Å². The Morgan fingerprint density at radius 2 is 1.92 bits per heavy atom. The number of amides is 1. The van der Waals surface area contributed by atoms with Crippen molar-refractivity contribution in [2.75, 3.05) is 0 Å². The van der Waals surface area contributed by atoms with Crippen molar-refractivity contribution in [2.45, 2.75) is 25.6 Å². The third-order valence-corrected chi connectivity index (χ3v) is 2.23. The maximum atomic E-state index is 10.8. The Labute approximate surface area is 76.1 Å². The molecule has 0 heterocycles. The Hall–Kier alpha value is -0.950. The highest BCUT2D eigenvalue weighted by Gasteiger charge is 2.19. The van der Waals surface area contributed by atoms with E-state index in [1.807, 2.05) is 5.32 Å². The molecule has 1 unspecified atom stereocenters. The first-order valence-electron chi connectivity index (χ1n) is 3.48. The van der Waals surface area contributed by atoms with Crippen molar-refractivity contribution in [3.63, 3.8) is 0 Å². The highest BCUT2D eigenvalue weighted by Crippen LogP contribution is 1.93. The number of ketones is 1. The predicted molar refractivity (Wildman–Crippen MR) is 44.5 cm³/mol. The van der Waals surface area contributed by atoms with Gasteiger partial charge in [-0.25, -0.2) is 0 Å². The summed E-state index contributed by atoms with van der Waals surface area (Å²) >= 11 is 0. The summed E-state index contributed by atoms with van der Waals surface area (Å²) in [6.07, 6.45) is -0.389. The van der Waals surface area contributed by atoms with E-state index in [0.29, 0.717) is 0 Å². The highest BCUT2D eigenvalue weighted by atomic mass is 32.2. The highest BCUT2D eigenvalue weighted by molar-refractivity contribution is 7.86. The van der Waals surface area contributed by atoms with Gasteiger partial charge >= 0.3 is 0 Å². The number of carbonyl (C=O) groups is 2. The first kappa shape index (κ1) is 12.0. The van der Waals surface area contributed by atoms with Gasteiger partial charge in [0, 0.05) is 0 Å². The number of nitrogens with one attached hydrogen (secondary N) is 1. The maximum Gasteiger partial charge on any atom is 0.285 e. The zero-order valence-corrected chi connectivity index (χ0v) is 8.09. The van der Waals surface area contributed by atoms with Crippen LogP contribution in [0, 0.1) is 0 Å². The van der Waals surface area contributed by atoms with Crippen molar-refractivity contribution in [3.8, 4) is 0 Å². The zero-order chi connectivity index (χ0) is 10.6. The number of hydrogen-bond donors (Lipinski definition) is 2. The van der Waals surface area contributed by atoms with Crippen LogP contribution in [-0.2, 0) is 19.7 Å². The molecule has 6 nitrogen and oxygen atoms in total. The van der Waals surface area contributed by atoms with Gasteiger partial charge in [-0.2, -0.15) is 8.42 Å². The molecule has 0 aromatic carbocycles. The standard InChI is InChI=1S/C6H11NO5S/c1-4(8)3-6(9)7-5(2)13(10,11)12/h5H,3H2,1-2H3,(H,7,9)(H,10,11,12). The van der Waals surface area contributed by atoms with Gasteiger partial charge in [-0.15, -0.1) is 0 Å². The molecule has 0 saturated carbocycles. The van der Waals surface area contributed by atoms with E-state index in [1.54, 1.807) is 0 Å². The average molecular weight is 209 g/mol. The van der Waals surface area contributed by atoms with Crippen LogP contribution in [0.1, 0.15) is 20.3 Å². The summed E-state index contributed by atoms with van der Waals surface area (Å²) in [7, 11) is -4.28. The molecule has 1 atom stereocenters. The fourth-order valence-corrected chi connectivity index (χ4v) is 0.859. The molecule has 0 fully saturated rings. The Morgan fingerprint density at radius 3 is 2.23 bits per heavy atom. The third kappa shape index (κ3) is 5.31. The molecular weight excluding hydrogens is 198 g/mol. The average Bonchev–Trinajstić information content (AvgIpc) is 1.82. The van der Waals surface area contributed by atoms with Crippen LogP contribution in [0.2, 0.25) is 0 Å². The van der Waals surface area contributed by atoms with E-state index in [2.05, 4.69) is 0 Å². The maximum absolute atomic E-state index is 10.8. The first-order valence-corrected chi connectivity index (χ1v) is 4.99. The van der Waals surface area contributed by atoms with Gasteiger partial charge in [0.15, 0.2) is 5.37 Å². The fraction of sp³-hybridized carbons (Fsp3) is 0.667. The van der Waals surface area contributed by atoms with Gasteiger partial charge in [0.2, 0.25) is 5.91 Å². The van der Waals surface area contributed by atoms with Crippen LogP contribution in [0.3, 0.4) is 0 Å². The fourth-order valence-electron chi connectivity index (χ4n) is 0.578. The summed E-state index contributed by atoms with van der Waals surface area (Å²) in [5.41, 5.74) is 0. The second-order valence-electron chi connectivity index (χ2n) is 2.60. The molecule has 76 valence electrons. The van der Waals surface area contributed by atoms with Crippen molar-refractivity contribution in [1.29, 1.82) is 0 Å². The second-order valence-corrected chi connectivity index (χ2v) is 4.34. The van der Waals surface area contributed by atoms with Crippen LogP contribution >= 0.6 is 0 Å². The predicted octanol–water partition coefficient (Wildman–Crippen LogP) is -0.684. The molecular formula is C6H11NO5S. The minimum atomic E-state index is -4.28. The topological polar surface area (TPSA) is 101 Å². The lowest BCUT2D eigenvalue weighted by molar-refractivity contribution is -0.127. The second kappa shape index (κ2) is 4.33. The molecule has 0 radical (unpaired) electrons. The van der Waals surface area contributed by atoms with E-state index < -0.39 is 21.4 Å². The number of rotatable bonds is 4. The van der Waals surface area contributed by atoms with Crippen molar-refractivity contribution in [3.05, 3.63) is 0 Å². The van der Waals surface area contributed by atoms with Gasteiger partial charge in [0.05, 0.1) is 6.42 Å². The molecule has 0 aromatic rings. The first-order chi connectivity index (χ1) is 5.73. The number of carbonyl (C=O) groups excluding carboxylic acids is 2. The monoisotopic (exact) mass is 209 g/mol. The summed E-state index contributed by atoms with van der Waals surface area (Å²) < 4.78 is 29.3. The van der Waals surface area contributed by atoms with Gasteiger partial charge in [-0.3, -0.25) is 14.1 Å². The molecule has 2 N–H and O–H groups in total. The lowest BCUT2D eigenvalue weighted by atomic mass is 10.3. The molecule has 0 bridgehead atoms. The quantitative estimate of drug-likeness (QED) is 0.471. The normalized spacial score (nSPS) is 13.5. The molecule has 1 amide bonds. The lowest BCUT2D eigenvalue weighted by Gasteiger charge is -2.09. The molecule has 7 heteroatoms. The van der Waals surface area contributed by atoms with Crippen molar-refractivity contribution in [1.82, 2.24) is 5.32 Å². The third-order valence-electron chi connectivity index (χ3n) is 1.22. The molecule has 0 aliphatic rings. The van der Waals surface area contributed by atoms with Gasteiger partial charge in [0.1, 0.15) is 5.78 Å². The summed E-state index contributed by atoms with van der Waals surface area (Å²) in [5.74, 6) is -1.10. The van der Waals surface area contributed by atoms with Crippen LogP contribution in [0.4, 0.5) is 0 Å². The lowest BCUT2D eigenvalue weighted by Crippen LogP contribution is -2.38. The number of hydrogen-bond acceptors (Lipinski definition) is 4. The Bertz CT molecular complexity index is 307.